The van der Waals surface area contributed by atoms with Gasteiger partial charge >= 0.3 is 0 Å². The first-order chi connectivity index (χ1) is 9.92. The zero-order valence-corrected chi connectivity index (χ0v) is 11.5. The Bertz CT molecular complexity index is 585. The Kier molecular flexibility index (Phi) is 4.13. The molecule has 0 radical (unpaired) electrons. The Morgan fingerprint density at radius 2 is 2.29 bits per heavy atom. The van der Waals surface area contributed by atoms with Crippen LogP contribution in [0.2, 0.25) is 0 Å². The number of anilines is 1. The molecule has 114 valence electrons. The summed E-state index contributed by atoms with van der Waals surface area (Å²) in [6, 6.07) is 2.77. The van der Waals surface area contributed by atoms with Crippen molar-refractivity contribution in [2.75, 3.05) is 25.1 Å². The van der Waals surface area contributed by atoms with Crippen LogP contribution in [0.5, 0.6) is 5.75 Å². The molecule has 0 bridgehead atoms. The van der Waals surface area contributed by atoms with Crippen molar-refractivity contribution in [1.82, 2.24) is 0 Å². The smallest absolute Gasteiger partial charge is 0.294 e. The van der Waals surface area contributed by atoms with Crippen LogP contribution in [0.1, 0.15) is 6.42 Å². The molecule has 1 aliphatic heterocycles. The minimum absolute atomic E-state index is 0.134. The van der Waals surface area contributed by atoms with Crippen LogP contribution in [-0.4, -0.2) is 42.3 Å². The highest BCUT2D eigenvalue weighted by molar-refractivity contribution is 5.82. The fourth-order valence-corrected chi connectivity index (χ4v) is 2.30. The van der Waals surface area contributed by atoms with E-state index in [1.54, 1.807) is 4.90 Å². The van der Waals surface area contributed by atoms with Crippen LogP contribution in [0.4, 0.5) is 17.1 Å². The van der Waals surface area contributed by atoms with E-state index in [2.05, 4.69) is 4.99 Å². The number of ether oxygens (including phenoxy) is 1. The first-order valence-corrected chi connectivity index (χ1v) is 6.31. The number of guanidine groups is 1. The number of nitro benzene ring substituents is 1. The molecule has 1 aromatic carbocycles. The van der Waals surface area contributed by atoms with Crippen LogP contribution in [0.3, 0.4) is 0 Å². The van der Waals surface area contributed by atoms with Crippen molar-refractivity contribution in [1.29, 1.82) is 0 Å². The van der Waals surface area contributed by atoms with Gasteiger partial charge in [0.2, 0.25) is 0 Å². The molecule has 9 heteroatoms. The standard InChI is InChI=1S/C12H17N5O4/c1-21-11-5-9(16-3-2-7(18)6-16)10(17(19)20)4-8(11)15-12(13)14/h4-5,7,18H,2-3,6H2,1H3,(H4,13,14,15)/t7-/m1/s1. The molecule has 5 N–H and O–H groups in total. The number of aliphatic imine (C=N–C) groups is 1. The molecule has 1 heterocycles. The van der Waals surface area contributed by atoms with Gasteiger partial charge in [-0.05, 0) is 6.42 Å². The zero-order valence-electron chi connectivity index (χ0n) is 11.5. The molecule has 1 aliphatic rings. The van der Waals surface area contributed by atoms with Crippen LogP contribution in [0.25, 0.3) is 0 Å². The monoisotopic (exact) mass is 295 g/mol. The van der Waals surface area contributed by atoms with Gasteiger partial charge in [0, 0.05) is 25.2 Å². The quantitative estimate of drug-likeness (QED) is 0.309. The highest BCUT2D eigenvalue weighted by atomic mass is 16.6. The van der Waals surface area contributed by atoms with Crippen molar-refractivity contribution in [3.63, 3.8) is 0 Å². The predicted octanol–water partition coefficient (Wildman–Crippen LogP) is 0.0793. The van der Waals surface area contributed by atoms with E-state index in [0.717, 1.165) is 0 Å². The van der Waals surface area contributed by atoms with Crippen LogP contribution in [0, 0.1) is 10.1 Å². The summed E-state index contributed by atoms with van der Waals surface area (Å²) in [6.45, 7) is 0.873. The average molecular weight is 295 g/mol. The van der Waals surface area contributed by atoms with Gasteiger partial charge in [-0.1, -0.05) is 0 Å². The lowest BCUT2D eigenvalue weighted by atomic mass is 10.2. The van der Waals surface area contributed by atoms with Gasteiger partial charge in [0.25, 0.3) is 5.69 Å². The van der Waals surface area contributed by atoms with E-state index in [1.807, 2.05) is 0 Å². The van der Waals surface area contributed by atoms with Gasteiger partial charge in [0.05, 0.1) is 18.1 Å². The van der Waals surface area contributed by atoms with Crippen LogP contribution < -0.4 is 21.1 Å². The Morgan fingerprint density at radius 1 is 1.57 bits per heavy atom. The number of β-amino-alcohol motifs (C(OH)–C–C–N with tert-alkyl or cyclic N) is 1. The second-order valence-corrected chi connectivity index (χ2v) is 4.70. The Labute approximate surface area is 121 Å². The highest BCUT2D eigenvalue weighted by Crippen LogP contribution is 2.40. The van der Waals surface area contributed by atoms with Crippen LogP contribution >= 0.6 is 0 Å². The second-order valence-electron chi connectivity index (χ2n) is 4.70. The van der Waals surface area contributed by atoms with Gasteiger partial charge in [-0.25, -0.2) is 4.99 Å². The first kappa shape index (κ1) is 14.9. The molecule has 1 atom stereocenters. The highest BCUT2D eigenvalue weighted by Gasteiger charge is 2.28. The molecule has 9 nitrogen and oxygen atoms in total. The predicted molar refractivity (Wildman–Crippen MR) is 78.0 cm³/mol. The molecule has 0 aliphatic carbocycles. The number of benzene rings is 1. The number of hydrogen-bond donors (Lipinski definition) is 3. The average Bonchev–Trinajstić information content (AvgIpc) is 2.84. The van der Waals surface area contributed by atoms with Gasteiger partial charge < -0.3 is 26.2 Å². The molecule has 0 amide bonds. The third-order valence-corrected chi connectivity index (χ3v) is 3.23. The molecule has 21 heavy (non-hydrogen) atoms. The number of nitro groups is 1. The third kappa shape index (κ3) is 3.14. The van der Waals surface area contributed by atoms with Crippen LogP contribution in [-0.2, 0) is 0 Å². The Hall–Kier alpha value is -2.55. The molecule has 1 saturated heterocycles. The Morgan fingerprint density at radius 3 is 2.76 bits per heavy atom. The van der Waals surface area contributed by atoms with E-state index in [1.165, 1.54) is 19.2 Å². The maximum Gasteiger partial charge on any atom is 0.294 e. The van der Waals surface area contributed by atoms with E-state index in [9.17, 15) is 15.2 Å². The normalized spacial score (nSPS) is 17.6. The lowest BCUT2D eigenvalue weighted by molar-refractivity contribution is -0.384. The van der Waals surface area contributed by atoms with E-state index >= 15 is 0 Å². The van der Waals surface area contributed by atoms with Crippen molar-refractivity contribution in [2.24, 2.45) is 16.5 Å². The molecular formula is C12H17N5O4. The molecular weight excluding hydrogens is 278 g/mol. The van der Waals surface area contributed by atoms with Crippen molar-refractivity contribution in [3.8, 4) is 5.75 Å². The number of hydrogen-bond acceptors (Lipinski definition) is 6. The minimum atomic E-state index is -0.509. The fraction of sp³-hybridized carbons (Fsp3) is 0.417. The fourth-order valence-electron chi connectivity index (χ4n) is 2.30. The summed E-state index contributed by atoms with van der Waals surface area (Å²) < 4.78 is 5.18. The van der Waals surface area contributed by atoms with E-state index in [-0.39, 0.29) is 17.3 Å². The summed E-state index contributed by atoms with van der Waals surface area (Å²) >= 11 is 0. The van der Waals surface area contributed by atoms with Gasteiger partial charge in [0.1, 0.15) is 17.1 Å². The van der Waals surface area contributed by atoms with Crippen molar-refractivity contribution in [2.45, 2.75) is 12.5 Å². The minimum Gasteiger partial charge on any atom is -0.494 e. The number of nitrogens with two attached hydrogens (primary N) is 2. The number of rotatable bonds is 4. The molecule has 1 fully saturated rings. The molecule has 0 unspecified atom stereocenters. The zero-order chi connectivity index (χ0) is 15.6. The molecule has 0 aromatic heterocycles. The van der Waals surface area contributed by atoms with Gasteiger partial charge in [0.15, 0.2) is 5.96 Å². The van der Waals surface area contributed by atoms with Gasteiger partial charge in [-0.2, -0.15) is 0 Å². The summed E-state index contributed by atoms with van der Waals surface area (Å²) in [7, 11) is 1.43. The van der Waals surface area contributed by atoms with Crippen molar-refractivity contribution < 1.29 is 14.8 Å². The number of aliphatic hydroxyl groups is 1. The molecule has 0 spiro atoms. The summed E-state index contributed by atoms with van der Waals surface area (Å²) in [5, 5.41) is 20.9. The largest absolute Gasteiger partial charge is 0.494 e. The maximum atomic E-state index is 11.3. The SMILES string of the molecule is COc1cc(N2CC[C@@H](O)C2)c([N+](=O)[O-])cc1N=C(N)N. The van der Waals surface area contributed by atoms with E-state index in [0.29, 0.717) is 30.9 Å². The number of methoxy groups -OCH3 is 1. The van der Waals surface area contributed by atoms with Crippen molar-refractivity contribution in [3.05, 3.63) is 22.2 Å². The second kappa shape index (κ2) is 5.83. The summed E-state index contributed by atoms with van der Waals surface area (Å²) in [4.78, 5) is 16.3. The van der Waals surface area contributed by atoms with E-state index in [4.69, 9.17) is 16.2 Å². The van der Waals surface area contributed by atoms with Crippen LogP contribution in [0.15, 0.2) is 17.1 Å². The van der Waals surface area contributed by atoms with Crippen molar-refractivity contribution >= 4 is 23.0 Å². The molecule has 0 saturated carbocycles. The third-order valence-electron chi connectivity index (χ3n) is 3.23. The first-order valence-electron chi connectivity index (χ1n) is 6.31. The molecule has 1 aromatic rings. The molecule has 2 rings (SSSR count). The summed E-state index contributed by atoms with van der Waals surface area (Å²) in [5.74, 6) is 0.109. The lowest BCUT2D eigenvalue weighted by Gasteiger charge is -2.19. The maximum absolute atomic E-state index is 11.3. The Balaban J connectivity index is 2.53. The summed E-state index contributed by atoms with van der Waals surface area (Å²) in [5.41, 5.74) is 11.1. The lowest BCUT2D eigenvalue weighted by Crippen LogP contribution is -2.23. The number of nitrogens with zero attached hydrogens (tertiary/aromatic N) is 3. The number of aliphatic hydroxyl groups excluding tert-OH is 1. The van der Waals surface area contributed by atoms with E-state index < -0.39 is 11.0 Å². The summed E-state index contributed by atoms with van der Waals surface area (Å²) in [6.07, 6.45) is 0.0720. The van der Waals surface area contributed by atoms with Gasteiger partial charge in [-0.3, -0.25) is 10.1 Å². The van der Waals surface area contributed by atoms with Gasteiger partial charge in [-0.15, -0.1) is 0 Å². The topological polar surface area (TPSA) is 140 Å².